The van der Waals surface area contributed by atoms with Crippen molar-refractivity contribution in [2.45, 2.75) is 70.8 Å². The third kappa shape index (κ3) is 6.58. The molecule has 0 saturated carbocycles. The molecule has 0 unspecified atom stereocenters. The summed E-state index contributed by atoms with van der Waals surface area (Å²) in [5.74, 6) is -0.284. The zero-order valence-corrected chi connectivity index (χ0v) is 27.5. The number of aromatic nitrogens is 2. The number of piperidine rings is 1. The SMILES string of the molecule is C[C@@H](Nc1ccc(F)cc1N1CCC(O[Si](C)(C)C(C)(C)C)CC1)c1cc(F)cc2c(=O)n(C)c(N3CCOCC3)nc12. The van der Waals surface area contributed by atoms with Crippen molar-refractivity contribution in [3.63, 3.8) is 0 Å². The number of ether oxygens (including phenoxy) is 1. The monoisotopic (exact) mass is 613 g/mol. The molecule has 8 nitrogen and oxygen atoms in total. The second kappa shape index (κ2) is 12.2. The smallest absolute Gasteiger partial charge is 0.262 e. The highest BCUT2D eigenvalue weighted by atomic mass is 28.4. The first kappa shape index (κ1) is 31.4. The van der Waals surface area contributed by atoms with Crippen molar-refractivity contribution < 1.29 is 17.9 Å². The molecule has 0 aliphatic carbocycles. The van der Waals surface area contributed by atoms with Crippen LogP contribution in [0.25, 0.3) is 10.9 Å². The molecule has 0 amide bonds. The molecule has 2 aromatic carbocycles. The largest absolute Gasteiger partial charge is 0.414 e. The van der Waals surface area contributed by atoms with Gasteiger partial charge in [0.15, 0.2) is 8.32 Å². The van der Waals surface area contributed by atoms with E-state index in [-0.39, 0.29) is 27.9 Å². The molecule has 43 heavy (non-hydrogen) atoms. The van der Waals surface area contributed by atoms with Crippen LogP contribution in [-0.4, -0.2) is 63.4 Å². The fourth-order valence-electron chi connectivity index (χ4n) is 5.74. The van der Waals surface area contributed by atoms with Crippen LogP contribution in [0.5, 0.6) is 0 Å². The Morgan fingerprint density at radius 2 is 1.70 bits per heavy atom. The molecule has 1 aromatic heterocycles. The van der Waals surface area contributed by atoms with Crippen molar-refractivity contribution in [3.8, 4) is 0 Å². The Morgan fingerprint density at radius 1 is 1.02 bits per heavy atom. The van der Waals surface area contributed by atoms with Crippen LogP contribution in [0.3, 0.4) is 0 Å². The van der Waals surface area contributed by atoms with Crippen molar-refractivity contribution >= 4 is 36.5 Å². The maximum absolute atomic E-state index is 14.9. The third-order valence-corrected chi connectivity index (χ3v) is 13.8. The molecule has 1 atom stereocenters. The number of nitrogens with zero attached hydrogens (tertiary/aromatic N) is 4. The lowest BCUT2D eigenvalue weighted by Gasteiger charge is -2.42. The summed E-state index contributed by atoms with van der Waals surface area (Å²) in [4.78, 5) is 22.5. The van der Waals surface area contributed by atoms with Crippen LogP contribution < -0.4 is 20.7 Å². The van der Waals surface area contributed by atoms with E-state index < -0.39 is 20.2 Å². The molecule has 11 heteroatoms. The number of halogens is 2. The molecule has 3 heterocycles. The summed E-state index contributed by atoms with van der Waals surface area (Å²) in [5.41, 5.74) is 2.23. The highest BCUT2D eigenvalue weighted by Gasteiger charge is 2.39. The standard InChI is InChI=1S/C32H45F2N5O3Si/c1-21(25-18-23(34)19-26-29(25)36-31(37(5)30(26)40)39-14-16-41-17-15-39)35-27-9-8-22(33)20-28(27)38-12-10-24(11-13-38)42-43(6,7)32(2,3)4/h8-9,18-21,24,35H,10-17H2,1-7H3/t21-/m1/s1. The van der Waals surface area contributed by atoms with Crippen LogP contribution in [0.1, 0.15) is 52.1 Å². The Bertz CT molecular complexity index is 1530. The average molecular weight is 614 g/mol. The zero-order valence-electron chi connectivity index (χ0n) is 26.5. The molecule has 5 rings (SSSR count). The average Bonchev–Trinajstić information content (AvgIpc) is 2.96. The van der Waals surface area contributed by atoms with Crippen LogP contribution >= 0.6 is 0 Å². The molecule has 1 N–H and O–H groups in total. The number of rotatable bonds is 7. The van der Waals surface area contributed by atoms with Crippen molar-refractivity contribution in [3.05, 3.63) is 57.9 Å². The third-order valence-electron chi connectivity index (χ3n) is 9.29. The summed E-state index contributed by atoms with van der Waals surface area (Å²) in [6.45, 7) is 17.0. The Hall–Kier alpha value is -3.02. The minimum absolute atomic E-state index is 0.142. The molecule has 0 radical (unpaired) electrons. The van der Waals surface area contributed by atoms with Crippen LogP contribution in [-0.2, 0) is 16.2 Å². The molecule has 0 bridgehead atoms. The van der Waals surface area contributed by atoms with Gasteiger partial charge in [0.05, 0.1) is 41.5 Å². The molecular formula is C32H45F2N5O3Si. The molecular weight excluding hydrogens is 568 g/mol. The quantitative estimate of drug-likeness (QED) is 0.318. The van der Waals surface area contributed by atoms with Gasteiger partial charge in [-0.2, -0.15) is 0 Å². The van der Waals surface area contributed by atoms with Crippen molar-refractivity contribution in [2.24, 2.45) is 7.05 Å². The summed E-state index contributed by atoms with van der Waals surface area (Å²) in [6.07, 6.45) is 1.92. The van der Waals surface area contributed by atoms with Crippen LogP contribution in [0.2, 0.25) is 18.1 Å². The van der Waals surface area contributed by atoms with Crippen molar-refractivity contribution in [2.75, 3.05) is 54.5 Å². The van der Waals surface area contributed by atoms with E-state index in [0.717, 1.165) is 37.3 Å². The van der Waals surface area contributed by atoms with Gasteiger partial charge in [-0.3, -0.25) is 9.36 Å². The Balaban J connectivity index is 1.41. The predicted octanol–water partition coefficient (Wildman–Crippen LogP) is 6.21. The summed E-state index contributed by atoms with van der Waals surface area (Å²) in [5, 5.41) is 3.86. The first-order chi connectivity index (χ1) is 20.2. The van der Waals surface area contributed by atoms with E-state index in [9.17, 15) is 13.6 Å². The fourth-order valence-corrected chi connectivity index (χ4v) is 7.16. The normalized spacial score (nSPS) is 17.9. The maximum atomic E-state index is 14.9. The van der Waals surface area contributed by atoms with Crippen LogP contribution in [0.4, 0.5) is 26.1 Å². The van der Waals surface area contributed by atoms with E-state index >= 15 is 0 Å². The maximum Gasteiger partial charge on any atom is 0.262 e. The number of nitrogens with one attached hydrogen (secondary N) is 1. The Morgan fingerprint density at radius 3 is 2.35 bits per heavy atom. The molecule has 234 valence electrons. The topological polar surface area (TPSA) is 71.9 Å². The van der Waals surface area contributed by atoms with Gasteiger partial charge >= 0.3 is 0 Å². The van der Waals surface area contributed by atoms with E-state index in [1.807, 2.05) is 11.8 Å². The molecule has 2 saturated heterocycles. The van der Waals surface area contributed by atoms with Gasteiger partial charge in [-0.25, -0.2) is 13.8 Å². The van der Waals surface area contributed by atoms with E-state index in [0.29, 0.717) is 43.3 Å². The Kier molecular flexibility index (Phi) is 8.88. The summed E-state index contributed by atoms with van der Waals surface area (Å²) < 4.78 is 43.1. The van der Waals surface area contributed by atoms with Crippen molar-refractivity contribution in [1.29, 1.82) is 0 Å². The van der Waals surface area contributed by atoms with Gasteiger partial charge in [-0.15, -0.1) is 0 Å². The highest BCUT2D eigenvalue weighted by Crippen LogP contribution is 2.39. The second-order valence-corrected chi connectivity index (χ2v) is 18.1. The lowest BCUT2D eigenvalue weighted by molar-refractivity contribution is 0.121. The second-order valence-electron chi connectivity index (χ2n) is 13.4. The number of anilines is 3. The summed E-state index contributed by atoms with van der Waals surface area (Å²) in [6, 6.07) is 6.98. The lowest BCUT2D eigenvalue weighted by Crippen LogP contribution is -2.47. The fraction of sp³-hybridized carbons (Fsp3) is 0.562. The van der Waals surface area contributed by atoms with Gasteiger partial charge in [0.25, 0.3) is 5.56 Å². The minimum atomic E-state index is -1.88. The predicted molar refractivity (Wildman–Crippen MR) is 172 cm³/mol. The van der Waals surface area contributed by atoms with Gasteiger partial charge < -0.3 is 24.3 Å². The van der Waals surface area contributed by atoms with Crippen LogP contribution in [0, 0.1) is 11.6 Å². The van der Waals surface area contributed by atoms with Crippen LogP contribution in [0.15, 0.2) is 35.1 Å². The molecule has 0 spiro atoms. The summed E-state index contributed by atoms with van der Waals surface area (Å²) in [7, 11) is -0.220. The van der Waals surface area contributed by atoms with Gasteiger partial charge in [-0.05, 0) is 68.2 Å². The van der Waals surface area contributed by atoms with E-state index in [1.54, 1.807) is 19.2 Å². The van der Waals surface area contributed by atoms with Gasteiger partial charge in [-0.1, -0.05) is 20.8 Å². The van der Waals surface area contributed by atoms with E-state index in [2.05, 4.69) is 44.1 Å². The lowest BCUT2D eigenvalue weighted by atomic mass is 10.0. The first-order valence-electron chi connectivity index (χ1n) is 15.3. The zero-order chi connectivity index (χ0) is 31.1. The number of fused-ring (bicyclic) bond motifs is 1. The first-order valence-corrected chi connectivity index (χ1v) is 18.2. The van der Waals surface area contributed by atoms with E-state index in [4.69, 9.17) is 14.1 Å². The van der Waals surface area contributed by atoms with Crippen molar-refractivity contribution in [1.82, 2.24) is 9.55 Å². The van der Waals surface area contributed by atoms with Gasteiger partial charge in [0.2, 0.25) is 5.95 Å². The Labute approximate surface area is 254 Å². The van der Waals surface area contributed by atoms with Gasteiger partial charge in [0.1, 0.15) is 11.6 Å². The molecule has 3 aromatic rings. The number of benzene rings is 2. The molecule has 2 aliphatic rings. The minimum Gasteiger partial charge on any atom is -0.414 e. The molecule has 2 aliphatic heterocycles. The van der Waals surface area contributed by atoms with E-state index in [1.165, 1.54) is 22.8 Å². The summed E-state index contributed by atoms with van der Waals surface area (Å²) >= 11 is 0. The van der Waals surface area contributed by atoms with Gasteiger partial charge in [0, 0.05) is 44.9 Å². The number of hydrogen-bond acceptors (Lipinski definition) is 7. The molecule has 2 fully saturated rings. The number of hydrogen-bond donors (Lipinski definition) is 1. The highest BCUT2D eigenvalue weighted by molar-refractivity contribution is 6.74. The number of morpholine rings is 1.